The van der Waals surface area contributed by atoms with Gasteiger partial charge in [-0.15, -0.1) is 11.3 Å². The molecule has 0 saturated carbocycles. The predicted molar refractivity (Wildman–Crippen MR) is 132 cm³/mol. The van der Waals surface area contributed by atoms with Crippen molar-refractivity contribution in [3.8, 4) is 0 Å². The molecule has 0 fully saturated rings. The van der Waals surface area contributed by atoms with Crippen molar-refractivity contribution < 1.29 is 14.4 Å². The number of amides is 3. The third-order valence-electron chi connectivity index (χ3n) is 5.68. The van der Waals surface area contributed by atoms with Crippen molar-refractivity contribution in [3.05, 3.63) is 46.8 Å². The van der Waals surface area contributed by atoms with E-state index in [9.17, 15) is 14.4 Å². The smallest absolute Gasteiger partial charge is 0.240 e. The summed E-state index contributed by atoms with van der Waals surface area (Å²) in [6.07, 6.45) is 1.23. The van der Waals surface area contributed by atoms with Gasteiger partial charge in [0.25, 0.3) is 0 Å². The predicted octanol–water partition coefficient (Wildman–Crippen LogP) is 2.45. The van der Waals surface area contributed by atoms with Crippen LogP contribution in [0.4, 0.5) is 5.82 Å². The normalized spacial score (nSPS) is 12.8. The fourth-order valence-corrected chi connectivity index (χ4v) is 4.19. The summed E-state index contributed by atoms with van der Waals surface area (Å²) >= 11 is 1.32. The van der Waals surface area contributed by atoms with Crippen LogP contribution < -0.4 is 16.0 Å². The minimum atomic E-state index is -0.880. The fraction of sp³-hybridized carbons (Fsp3) is 0.500. The Balaban J connectivity index is 2.14. The quantitative estimate of drug-likeness (QED) is 0.410. The van der Waals surface area contributed by atoms with Crippen molar-refractivity contribution in [1.82, 2.24) is 15.2 Å². The van der Waals surface area contributed by atoms with Gasteiger partial charge in [0, 0.05) is 18.3 Å². The summed E-state index contributed by atoms with van der Waals surface area (Å²) in [4.78, 5) is 46.1. The number of thiazole rings is 1. The van der Waals surface area contributed by atoms with Crippen molar-refractivity contribution in [2.24, 2.45) is 11.7 Å². The zero-order valence-corrected chi connectivity index (χ0v) is 20.5. The number of nitrogens with two attached hydrogens (primary N) is 1. The van der Waals surface area contributed by atoms with Crippen LogP contribution in [0.2, 0.25) is 0 Å². The Morgan fingerprint density at radius 2 is 1.85 bits per heavy atom. The first-order valence-corrected chi connectivity index (χ1v) is 12.3. The molecular formula is C24H35N5O3S. The van der Waals surface area contributed by atoms with E-state index in [1.807, 2.05) is 30.3 Å². The molecule has 2 aromatic rings. The van der Waals surface area contributed by atoms with Crippen LogP contribution in [0, 0.1) is 5.92 Å². The lowest BCUT2D eigenvalue weighted by atomic mass is 9.93. The highest BCUT2D eigenvalue weighted by Gasteiger charge is 2.33. The first-order chi connectivity index (χ1) is 15.9. The number of hydrogen-bond donors (Lipinski definition) is 2. The standard InChI is InChI=1S/C24H35N5O3S/c1-4-28(5-2)13-9-12-26-22(30)15-20(14-19-10-7-6-8-11-19)24(32)29(18(3)23(25)31)21-16-33-17-27-21/h6-8,10-11,16-18,20H,4-5,9,12-15H2,1-3H3,(H2,25,31)(H,26,30)/t18-,20?/m1/s1. The van der Waals surface area contributed by atoms with Gasteiger partial charge in [0.2, 0.25) is 17.7 Å². The van der Waals surface area contributed by atoms with Gasteiger partial charge in [-0.2, -0.15) is 0 Å². The average Bonchev–Trinajstić information content (AvgIpc) is 3.33. The molecule has 0 aliphatic carbocycles. The summed E-state index contributed by atoms with van der Waals surface area (Å²) in [6, 6.07) is 8.66. The fourth-order valence-electron chi connectivity index (χ4n) is 3.66. The Morgan fingerprint density at radius 3 is 2.42 bits per heavy atom. The molecule has 0 saturated heterocycles. The van der Waals surface area contributed by atoms with E-state index < -0.39 is 17.9 Å². The number of carbonyl (C=O) groups excluding carboxylic acids is 3. The first-order valence-electron chi connectivity index (χ1n) is 11.4. The van der Waals surface area contributed by atoms with E-state index in [1.54, 1.807) is 17.8 Å². The lowest BCUT2D eigenvalue weighted by Gasteiger charge is -2.29. The number of anilines is 1. The van der Waals surface area contributed by atoms with Crippen LogP contribution in [-0.4, -0.2) is 59.8 Å². The molecule has 1 aromatic carbocycles. The van der Waals surface area contributed by atoms with Gasteiger partial charge in [0.05, 0.1) is 11.4 Å². The van der Waals surface area contributed by atoms with Crippen molar-refractivity contribution in [1.29, 1.82) is 0 Å². The van der Waals surface area contributed by atoms with Crippen LogP contribution in [-0.2, 0) is 20.8 Å². The molecule has 0 radical (unpaired) electrons. The molecular weight excluding hydrogens is 438 g/mol. The maximum Gasteiger partial charge on any atom is 0.240 e. The number of aromatic nitrogens is 1. The molecule has 0 aliphatic heterocycles. The van der Waals surface area contributed by atoms with Crippen molar-refractivity contribution in [3.63, 3.8) is 0 Å². The van der Waals surface area contributed by atoms with Gasteiger partial charge in [0.1, 0.15) is 11.9 Å². The monoisotopic (exact) mass is 473 g/mol. The van der Waals surface area contributed by atoms with Crippen LogP contribution in [0.3, 0.4) is 0 Å². The number of nitrogens with one attached hydrogen (secondary N) is 1. The van der Waals surface area contributed by atoms with E-state index in [4.69, 9.17) is 5.73 Å². The lowest BCUT2D eigenvalue weighted by molar-refractivity contribution is -0.130. The van der Waals surface area contributed by atoms with Crippen LogP contribution in [0.5, 0.6) is 0 Å². The molecule has 180 valence electrons. The average molecular weight is 474 g/mol. The van der Waals surface area contributed by atoms with Crippen LogP contribution >= 0.6 is 11.3 Å². The first kappa shape index (κ1) is 26.5. The van der Waals surface area contributed by atoms with Crippen molar-refractivity contribution in [2.45, 2.75) is 46.1 Å². The van der Waals surface area contributed by atoms with Gasteiger partial charge in [-0.3, -0.25) is 19.3 Å². The molecule has 0 spiro atoms. The van der Waals surface area contributed by atoms with Gasteiger partial charge in [-0.05, 0) is 45.0 Å². The number of rotatable bonds is 14. The number of benzene rings is 1. The SMILES string of the molecule is CCN(CC)CCCNC(=O)CC(Cc1ccccc1)C(=O)N(c1cscn1)[C@H](C)C(N)=O. The van der Waals surface area contributed by atoms with E-state index in [0.717, 1.165) is 31.6 Å². The Bertz CT molecular complexity index is 871. The highest BCUT2D eigenvalue weighted by atomic mass is 32.1. The Labute approximate surface area is 200 Å². The van der Waals surface area contributed by atoms with Gasteiger partial charge in [-0.1, -0.05) is 44.2 Å². The minimum absolute atomic E-state index is 0.0190. The second kappa shape index (κ2) is 13.7. The zero-order chi connectivity index (χ0) is 24.2. The summed E-state index contributed by atoms with van der Waals surface area (Å²) in [5.41, 5.74) is 8.06. The van der Waals surface area contributed by atoms with E-state index in [0.29, 0.717) is 18.8 Å². The Kier molecular flexibility index (Phi) is 11.0. The van der Waals surface area contributed by atoms with Gasteiger partial charge in [-0.25, -0.2) is 4.98 Å². The third kappa shape index (κ3) is 8.25. The molecule has 2 atom stereocenters. The minimum Gasteiger partial charge on any atom is -0.368 e. The highest BCUT2D eigenvalue weighted by molar-refractivity contribution is 7.07. The molecule has 2 rings (SSSR count). The summed E-state index contributed by atoms with van der Waals surface area (Å²) in [6.45, 7) is 9.21. The summed E-state index contributed by atoms with van der Waals surface area (Å²) in [5, 5.41) is 4.64. The highest BCUT2D eigenvalue weighted by Crippen LogP contribution is 2.23. The molecule has 0 bridgehead atoms. The second-order valence-corrected chi connectivity index (χ2v) is 8.67. The Morgan fingerprint density at radius 1 is 1.15 bits per heavy atom. The van der Waals surface area contributed by atoms with Crippen LogP contribution in [0.15, 0.2) is 41.2 Å². The van der Waals surface area contributed by atoms with Crippen LogP contribution in [0.1, 0.15) is 39.2 Å². The van der Waals surface area contributed by atoms with Crippen molar-refractivity contribution >= 4 is 34.9 Å². The maximum atomic E-state index is 13.6. The summed E-state index contributed by atoms with van der Waals surface area (Å²) < 4.78 is 0. The number of carbonyl (C=O) groups is 3. The lowest BCUT2D eigenvalue weighted by Crippen LogP contribution is -2.50. The number of hydrogen-bond acceptors (Lipinski definition) is 6. The molecule has 8 nitrogen and oxygen atoms in total. The second-order valence-electron chi connectivity index (χ2n) is 7.95. The summed E-state index contributed by atoms with van der Waals surface area (Å²) in [7, 11) is 0. The maximum absolute atomic E-state index is 13.6. The van der Waals surface area contributed by atoms with Gasteiger partial charge < -0.3 is 16.0 Å². The largest absolute Gasteiger partial charge is 0.368 e. The molecule has 1 heterocycles. The zero-order valence-electron chi connectivity index (χ0n) is 19.7. The molecule has 33 heavy (non-hydrogen) atoms. The van der Waals surface area contributed by atoms with E-state index in [1.165, 1.54) is 16.2 Å². The Hall–Kier alpha value is -2.78. The van der Waals surface area contributed by atoms with Crippen LogP contribution in [0.25, 0.3) is 0 Å². The summed E-state index contributed by atoms with van der Waals surface area (Å²) in [5.74, 6) is -1.44. The van der Waals surface area contributed by atoms with Gasteiger partial charge >= 0.3 is 0 Å². The molecule has 1 unspecified atom stereocenters. The third-order valence-corrected chi connectivity index (χ3v) is 6.25. The number of nitrogens with zero attached hydrogens (tertiary/aromatic N) is 3. The molecule has 3 N–H and O–H groups in total. The van der Waals surface area contributed by atoms with E-state index in [2.05, 4.69) is 29.0 Å². The van der Waals surface area contributed by atoms with E-state index >= 15 is 0 Å². The van der Waals surface area contributed by atoms with E-state index in [-0.39, 0.29) is 18.2 Å². The number of primary amides is 1. The topological polar surface area (TPSA) is 109 Å². The molecule has 1 aromatic heterocycles. The van der Waals surface area contributed by atoms with Crippen molar-refractivity contribution in [2.75, 3.05) is 31.1 Å². The molecule has 3 amide bonds. The van der Waals surface area contributed by atoms with Gasteiger partial charge in [0.15, 0.2) is 0 Å². The molecule has 9 heteroatoms. The molecule has 0 aliphatic rings.